The number of hydrogen-bond acceptors (Lipinski definition) is 1. The summed E-state index contributed by atoms with van der Waals surface area (Å²) in [6.45, 7) is 5.81. The maximum Gasteiger partial charge on any atom is 0.0755 e. The molecule has 0 radical (unpaired) electrons. The van der Waals surface area contributed by atoms with Crippen LogP contribution in [0.15, 0.2) is 24.8 Å². The normalized spacial score (nSPS) is 13.3. The van der Waals surface area contributed by atoms with Crippen LogP contribution >= 0.6 is 0 Å². The molecular weight excluding hydrogens is 172 g/mol. The predicted octanol–water partition coefficient (Wildman–Crippen LogP) is 3.84. The zero-order valence-corrected chi connectivity index (χ0v) is 9.41. The summed E-state index contributed by atoms with van der Waals surface area (Å²) in [5.74, 6) is 0. The molecule has 0 saturated carbocycles. The van der Waals surface area contributed by atoms with Crippen molar-refractivity contribution in [3.63, 3.8) is 0 Å². The number of allylic oxidation sites excluding steroid dienone is 1. The Balaban J connectivity index is 3.21. The Hall–Kier alpha value is -0.560. The molecule has 1 heteroatoms. The second kappa shape index (κ2) is 10.5. The van der Waals surface area contributed by atoms with E-state index in [0.29, 0.717) is 6.42 Å². The zero-order chi connectivity index (χ0) is 10.6. The Bertz CT molecular complexity index is 149. The number of unbranched alkanes of at least 4 members (excludes halogenated alkanes) is 5. The van der Waals surface area contributed by atoms with Crippen molar-refractivity contribution in [3.8, 4) is 0 Å². The summed E-state index contributed by atoms with van der Waals surface area (Å²) >= 11 is 0. The highest BCUT2D eigenvalue weighted by Gasteiger charge is 1.92. The molecule has 0 aliphatic heterocycles. The van der Waals surface area contributed by atoms with Gasteiger partial charge in [-0.15, -0.1) is 6.58 Å². The van der Waals surface area contributed by atoms with Crippen LogP contribution in [0.1, 0.15) is 51.9 Å². The van der Waals surface area contributed by atoms with Crippen molar-refractivity contribution in [2.45, 2.75) is 58.0 Å². The molecule has 0 fully saturated rings. The Labute approximate surface area is 88.5 Å². The van der Waals surface area contributed by atoms with E-state index in [0.717, 1.165) is 6.42 Å². The summed E-state index contributed by atoms with van der Waals surface area (Å²) in [5.41, 5.74) is 0. The molecular formula is C13H24O. The highest BCUT2D eigenvalue weighted by atomic mass is 16.3. The topological polar surface area (TPSA) is 20.2 Å². The van der Waals surface area contributed by atoms with Crippen LogP contribution in [-0.2, 0) is 0 Å². The highest BCUT2D eigenvalue weighted by Crippen LogP contribution is 2.06. The molecule has 0 spiro atoms. The quantitative estimate of drug-likeness (QED) is 0.439. The first-order chi connectivity index (χ1) is 6.81. The monoisotopic (exact) mass is 196 g/mol. The lowest BCUT2D eigenvalue weighted by Gasteiger charge is -2.00. The lowest BCUT2D eigenvalue weighted by molar-refractivity contribution is 0.226. The molecule has 0 amide bonds. The SMILES string of the molecule is C=CC[C@@H](O)/C=C/CCCCCCC. The van der Waals surface area contributed by atoms with Gasteiger partial charge in [-0.25, -0.2) is 0 Å². The van der Waals surface area contributed by atoms with E-state index in [1.165, 1.54) is 32.1 Å². The van der Waals surface area contributed by atoms with Gasteiger partial charge in [0.2, 0.25) is 0 Å². The second-order valence-electron chi connectivity index (χ2n) is 3.72. The summed E-state index contributed by atoms with van der Waals surface area (Å²) in [4.78, 5) is 0. The van der Waals surface area contributed by atoms with Crippen molar-refractivity contribution in [1.29, 1.82) is 0 Å². The lowest BCUT2D eigenvalue weighted by Crippen LogP contribution is -1.98. The smallest absolute Gasteiger partial charge is 0.0755 e. The fourth-order valence-corrected chi connectivity index (χ4v) is 1.37. The van der Waals surface area contributed by atoms with E-state index in [4.69, 9.17) is 0 Å². The Morgan fingerprint density at radius 2 is 1.93 bits per heavy atom. The molecule has 82 valence electrons. The molecule has 0 aromatic carbocycles. The van der Waals surface area contributed by atoms with Crippen LogP contribution in [0, 0.1) is 0 Å². The van der Waals surface area contributed by atoms with E-state index in [9.17, 15) is 5.11 Å². The Kier molecular flexibility index (Phi) is 10.1. The molecule has 1 nitrogen and oxygen atoms in total. The molecule has 0 saturated heterocycles. The Morgan fingerprint density at radius 1 is 1.21 bits per heavy atom. The minimum Gasteiger partial charge on any atom is -0.389 e. The van der Waals surface area contributed by atoms with Gasteiger partial charge in [-0.3, -0.25) is 0 Å². The third kappa shape index (κ3) is 9.53. The molecule has 0 rings (SSSR count). The van der Waals surface area contributed by atoms with Crippen LogP contribution in [0.2, 0.25) is 0 Å². The third-order valence-electron chi connectivity index (χ3n) is 2.24. The van der Waals surface area contributed by atoms with Crippen molar-refractivity contribution in [2.24, 2.45) is 0 Å². The molecule has 1 atom stereocenters. The number of aliphatic hydroxyl groups is 1. The van der Waals surface area contributed by atoms with Crippen LogP contribution in [0.4, 0.5) is 0 Å². The van der Waals surface area contributed by atoms with Gasteiger partial charge in [0.05, 0.1) is 6.10 Å². The molecule has 0 aliphatic carbocycles. The van der Waals surface area contributed by atoms with Crippen LogP contribution < -0.4 is 0 Å². The number of rotatable bonds is 9. The standard InChI is InChI=1S/C13H24O/c1-3-5-6-7-8-9-10-12-13(14)11-4-2/h4,10,12-14H,2-3,5-9,11H2,1H3/b12-10+/t13-/m1/s1. The first-order valence-corrected chi connectivity index (χ1v) is 5.76. The molecule has 14 heavy (non-hydrogen) atoms. The van der Waals surface area contributed by atoms with Gasteiger partial charge in [0.15, 0.2) is 0 Å². The summed E-state index contributed by atoms with van der Waals surface area (Å²) < 4.78 is 0. The minimum atomic E-state index is -0.330. The van der Waals surface area contributed by atoms with Crippen molar-refractivity contribution >= 4 is 0 Å². The summed E-state index contributed by atoms with van der Waals surface area (Å²) in [6, 6.07) is 0. The average Bonchev–Trinajstić information content (AvgIpc) is 2.17. The second-order valence-corrected chi connectivity index (χ2v) is 3.72. The van der Waals surface area contributed by atoms with Crippen molar-refractivity contribution in [3.05, 3.63) is 24.8 Å². The average molecular weight is 196 g/mol. The van der Waals surface area contributed by atoms with Crippen LogP contribution in [-0.4, -0.2) is 11.2 Å². The van der Waals surface area contributed by atoms with Gasteiger partial charge in [-0.1, -0.05) is 50.8 Å². The van der Waals surface area contributed by atoms with E-state index in [-0.39, 0.29) is 6.10 Å². The number of hydrogen-bond donors (Lipinski definition) is 1. The molecule has 1 N–H and O–H groups in total. The van der Waals surface area contributed by atoms with E-state index in [1.54, 1.807) is 6.08 Å². The van der Waals surface area contributed by atoms with Crippen LogP contribution in [0.5, 0.6) is 0 Å². The zero-order valence-electron chi connectivity index (χ0n) is 9.41. The molecule has 0 heterocycles. The van der Waals surface area contributed by atoms with Crippen LogP contribution in [0.3, 0.4) is 0 Å². The molecule has 0 aromatic rings. The molecule has 0 bridgehead atoms. The first-order valence-electron chi connectivity index (χ1n) is 5.76. The van der Waals surface area contributed by atoms with Gasteiger partial charge in [-0.2, -0.15) is 0 Å². The minimum absolute atomic E-state index is 0.330. The third-order valence-corrected chi connectivity index (χ3v) is 2.24. The fourth-order valence-electron chi connectivity index (χ4n) is 1.37. The van der Waals surface area contributed by atoms with E-state index in [2.05, 4.69) is 19.6 Å². The van der Waals surface area contributed by atoms with E-state index in [1.807, 2.05) is 6.08 Å². The highest BCUT2D eigenvalue weighted by molar-refractivity contribution is 4.91. The van der Waals surface area contributed by atoms with Crippen LogP contribution in [0.25, 0.3) is 0 Å². The van der Waals surface area contributed by atoms with Crippen molar-refractivity contribution in [2.75, 3.05) is 0 Å². The van der Waals surface area contributed by atoms with Gasteiger partial charge < -0.3 is 5.11 Å². The van der Waals surface area contributed by atoms with Crippen molar-refractivity contribution in [1.82, 2.24) is 0 Å². The Morgan fingerprint density at radius 3 is 2.57 bits per heavy atom. The maximum absolute atomic E-state index is 9.33. The van der Waals surface area contributed by atoms with Gasteiger partial charge in [-0.05, 0) is 19.3 Å². The largest absolute Gasteiger partial charge is 0.389 e. The summed E-state index contributed by atoms with van der Waals surface area (Å²) in [7, 11) is 0. The van der Waals surface area contributed by atoms with Gasteiger partial charge in [0.25, 0.3) is 0 Å². The molecule has 0 aromatic heterocycles. The summed E-state index contributed by atoms with van der Waals surface area (Å²) in [6.07, 6.45) is 13.7. The van der Waals surface area contributed by atoms with E-state index >= 15 is 0 Å². The van der Waals surface area contributed by atoms with Gasteiger partial charge >= 0.3 is 0 Å². The summed E-state index contributed by atoms with van der Waals surface area (Å²) in [5, 5.41) is 9.33. The molecule has 0 unspecified atom stereocenters. The lowest BCUT2D eigenvalue weighted by atomic mass is 10.1. The first kappa shape index (κ1) is 13.4. The maximum atomic E-state index is 9.33. The van der Waals surface area contributed by atoms with Gasteiger partial charge in [0, 0.05) is 0 Å². The number of aliphatic hydroxyl groups excluding tert-OH is 1. The fraction of sp³-hybridized carbons (Fsp3) is 0.692. The van der Waals surface area contributed by atoms with E-state index < -0.39 is 0 Å². The predicted molar refractivity (Wildman–Crippen MR) is 63.3 cm³/mol. The van der Waals surface area contributed by atoms with Crippen molar-refractivity contribution < 1.29 is 5.11 Å². The van der Waals surface area contributed by atoms with Gasteiger partial charge in [0.1, 0.15) is 0 Å². The molecule has 0 aliphatic rings.